The van der Waals surface area contributed by atoms with Gasteiger partial charge in [-0.2, -0.15) is 0 Å². The van der Waals surface area contributed by atoms with Crippen LogP contribution in [-0.4, -0.2) is 41.9 Å². The Kier molecular flexibility index (Phi) is 4.38. The normalized spacial score (nSPS) is 15.3. The summed E-state index contributed by atoms with van der Waals surface area (Å²) >= 11 is 0. The van der Waals surface area contributed by atoms with E-state index < -0.39 is 0 Å². The van der Waals surface area contributed by atoms with E-state index in [-0.39, 0.29) is 5.56 Å². The van der Waals surface area contributed by atoms with Crippen molar-refractivity contribution >= 4 is 5.65 Å². The molecule has 1 aromatic carbocycles. The molecule has 26 heavy (non-hydrogen) atoms. The number of benzene rings is 1. The highest BCUT2D eigenvalue weighted by Crippen LogP contribution is 2.29. The van der Waals surface area contributed by atoms with Crippen LogP contribution in [0.5, 0.6) is 11.5 Å². The Morgan fingerprint density at radius 3 is 2.38 bits per heavy atom. The van der Waals surface area contributed by atoms with Crippen molar-refractivity contribution in [3.8, 4) is 22.8 Å². The molecule has 3 heterocycles. The lowest BCUT2D eigenvalue weighted by molar-refractivity contribution is 0.394. The number of methoxy groups -OCH3 is 2. The van der Waals surface area contributed by atoms with Gasteiger partial charge in [-0.1, -0.05) is 0 Å². The van der Waals surface area contributed by atoms with E-state index in [2.05, 4.69) is 10.4 Å². The molecule has 0 spiro atoms. The van der Waals surface area contributed by atoms with Crippen LogP contribution in [0.15, 0.2) is 35.1 Å². The molecule has 0 saturated carbocycles. The Balaban J connectivity index is 1.78. The maximum absolute atomic E-state index is 12.6. The molecule has 1 aliphatic heterocycles. The summed E-state index contributed by atoms with van der Waals surface area (Å²) in [6, 6.07) is 9.14. The first-order valence-corrected chi connectivity index (χ1v) is 8.75. The smallest absolute Gasteiger partial charge is 0.272 e. The number of aromatic nitrogens is 3. The summed E-state index contributed by atoms with van der Waals surface area (Å²) in [5.41, 5.74) is 3.07. The van der Waals surface area contributed by atoms with Crippen LogP contribution in [0, 0.1) is 0 Å². The quantitative estimate of drug-likeness (QED) is 0.751. The van der Waals surface area contributed by atoms with Gasteiger partial charge in [-0.25, -0.2) is 9.50 Å². The van der Waals surface area contributed by atoms with Gasteiger partial charge in [0.1, 0.15) is 11.5 Å². The van der Waals surface area contributed by atoms with Crippen molar-refractivity contribution < 1.29 is 9.47 Å². The zero-order chi connectivity index (χ0) is 18.1. The fourth-order valence-electron chi connectivity index (χ4n) is 3.45. The van der Waals surface area contributed by atoms with Crippen LogP contribution in [-0.2, 0) is 0 Å². The molecule has 1 aliphatic rings. The minimum Gasteiger partial charge on any atom is -0.497 e. The third-order valence-electron chi connectivity index (χ3n) is 4.89. The summed E-state index contributed by atoms with van der Waals surface area (Å²) in [4.78, 5) is 17.3. The first kappa shape index (κ1) is 16.7. The van der Waals surface area contributed by atoms with Crippen molar-refractivity contribution in [2.24, 2.45) is 0 Å². The van der Waals surface area contributed by atoms with Gasteiger partial charge in [0.2, 0.25) is 0 Å². The molecule has 136 valence electrons. The van der Waals surface area contributed by atoms with Crippen LogP contribution in [0.4, 0.5) is 0 Å². The molecule has 7 nitrogen and oxygen atoms in total. The van der Waals surface area contributed by atoms with Crippen LogP contribution in [0.3, 0.4) is 0 Å². The molecule has 1 saturated heterocycles. The standard InChI is InChI=1S/C19H22N4O3/c1-25-14-7-13(8-15(9-14)26-2)17-10-18-21-16(11-19(24)23(18)22-17)12-3-5-20-6-4-12/h7-12,20,22H,3-6H2,1-2H3. The number of nitrogens with one attached hydrogen (secondary N) is 2. The number of fused-ring (bicyclic) bond motifs is 1. The van der Waals surface area contributed by atoms with Crippen LogP contribution < -0.4 is 20.3 Å². The van der Waals surface area contributed by atoms with E-state index in [1.165, 1.54) is 4.52 Å². The highest BCUT2D eigenvalue weighted by molar-refractivity contribution is 5.67. The fourth-order valence-corrected chi connectivity index (χ4v) is 3.45. The number of hydrogen-bond acceptors (Lipinski definition) is 5. The second-order valence-corrected chi connectivity index (χ2v) is 6.51. The second-order valence-electron chi connectivity index (χ2n) is 6.51. The fraction of sp³-hybridized carbons (Fsp3) is 0.368. The zero-order valence-corrected chi connectivity index (χ0v) is 14.9. The largest absolute Gasteiger partial charge is 0.497 e. The number of hydrogen-bond donors (Lipinski definition) is 2. The third-order valence-corrected chi connectivity index (χ3v) is 4.89. The van der Waals surface area contributed by atoms with Gasteiger partial charge in [0.25, 0.3) is 5.56 Å². The minimum atomic E-state index is -0.0929. The van der Waals surface area contributed by atoms with E-state index in [9.17, 15) is 4.79 Å². The molecule has 7 heteroatoms. The highest BCUT2D eigenvalue weighted by Gasteiger charge is 2.19. The number of piperidine rings is 1. The summed E-state index contributed by atoms with van der Waals surface area (Å²) < 4.78 is 12.1. The van der Waals surface area contributed by atoms with Gasteiger partial charge in [0.05, 0.1) is 25.6 Å². The molecule has 0 amide bonds. The third kappa shape index (κ3) is 3.06. The van der Waals surface area contributed by atoms with Gasteiger partial charge in [-0.05, 0) is 38.1 Å². The Labute approximate surface area is 151 Å². The van der Waals surface area contributed by atoms with E-state index in [4.69, 9.17) is 14.5 Å². The lowest BCUT2D eigenvalue weighted by Crippen LogP contribution is -2.28. The van der Waals surface area contributed by atoms with E-state index >= 15 is 0 Å². The first-order valence-electron chi connectivity index (χ1n) is 8.75. The van der Waals surface area contributed by atoms with E-state index in [1.54, 1.807) is 20.3 Å². The second kappa shape index (κ2) is 6.84. The van der Waals surface area contributed by atoms with Crippen molar-refractivity contribution in [1.82, 2.24) is 19.9 Å². The van der Waals surface area contributed by atoms with Crippen molar-refractivity contribution in [1.29, 1.82) is 0 Å². The molecule has 0 atom stereocenters. The maximum atomic E-state index is 12.6. The summed E-state index contributed by atoms with van der Waals surface area (Å²) in [5, 5.41) is 6.47. The van der Waals surface area contributed by atoms with Gasteiger partial charge in [0.15, 0.2) is 5.65 Å². The molecule has 2 aromatic heterocycles. The van der Waals surface area contributed by atoms with Gasteiger partial charge in [-0.15, -0.1) is 0 Å². The SMILES string of the molecule is COc1cc(OC)cc(-c2cc3nc(C4CCNCC4)cc(=O)n3[nH]2)c1. The number of ether oxygens (including phenoxy) is 2. The molecule has 0 unspecified atom stereocenters. The Hall–Kier alpha value is -2.80. The molecule has 1 fully saturated rings. The molecule has 0 aliphatic carbocycles. The molecule has 0 radical (unpaired) electrons. The van der Waals surface area contributed by atoms with Crippen molar-refractivity contribution in [3.63, 3.8) is 0 Å². The van der Waals surface area contributed by atoms with Gasteiger partial charge >= 0.3 is 0 Å². The summed E-state index contributed by atoms with van der Waals surface area (Å²) in [6.07, 6.45) is 2.01. The van der Waals surface area contributed by atoms with Crippen LogP contribution in [0.2, 0.25) is 0 Å². The maximum Gasteiger partial charge on any atom is 0.272 e. The Bertz CT molecular complexity index is 964. The average molecular weight is 354 g/mol. The number of nitrogens with zero attached hydrogens (tertiary/aromatic N) is 2. The summed E-state index contributed by atoms with van der Waals surface area (Å²) in [7, 11) is 3.22. The lowest BCUT2D eigenvalue weighted by atomic mass is 9.94. The Morgan fingerprint density at radius 2 is 1.73 bits per heavy atom. The van der Waals surface area contributed by atoms with Crippen molar-refractivity contribution in [2.75, 3.05) is 27.3 Å². The van der Waals surface area contributed by atoms with Crippen molar-refractivity contribution in [2.45, 2.75) is 18.8 Å². The van der Waals surface area contributed by atoms with Crippen molar-refractivity contribution in [3.05, 3.63) is 46.4 Å². The minimum absolute atomic E-state index is 0.0929. The van der Waals surface area contributed by atoms with E-state index in [1.807, 2.05) is 24.3 Å². The van der Waals surface area contributed by atoms with Crippen LogP contribution >= 0.6 is 0 Å². The van der Waals surface area contributed by atoms with Gasteiger partial charge in [-0.3, -0.25) is 9.89 Å². The topological polar surface area (TPSA) is 80.7 Å². The number of H-pyrrole nitrogens is 1. The molecular formula is C19H22N4O3. The van der Waals surface area contributed by atoms with Gasteiger partial charge in [0, 0.05) is 29.7 Å². The first-order chi connectivity index (χ1) is 12.7. The van der Waals surface area contributed by atoms with E-state index in [0.29, 0.717) is 23.1 Å². The predicted octanol–water partition coefficient (Wildman–Crippen LogP) is 2.17. The molecular weight excluding hydrogens is 332 g/mol. The van der Waals surface area contributed by atoms with Gasteiger partial charge < -0.3 is 14.8 Å². The number of aromatic amines is 1. The number of rotatable bonds is 4. The monoisotopic (exact) mass is 354 g/mol. The average Bonchev–Trinajstić information content (AvgIpc) is 3.13. The molecule has 3 aromatic rings. The molecule has 0 bridgehead atoms. The van der Waals surface area contributed by atoms with E-state index in [0.717, 1.165) is 42.9 Å². The Morgan fingerprint density at radius 1 is 1.04 bits per heavy atom. The lowest BCUT2D eigenvalue weighted by Gasteiger charge is -2.21. The zero-order valence-electron chi connectivity index (χ0n) is 14.9. The summed E-state index contributed by atoms with van der Waals surface area (Å²) in [6.45, 7) is 1.93. The molecule has 2 N–H and O–H groups in total. The molecule has 4 rings (SSSR count). The van der Waals surface area contributed by atoms with Crippen LogP contribution in [0.25, 0.3) is 16.9 Å². The summed E-state index contributed by atoms with van der Waals surface area (Å²) in [5.74, 6) is 1.71. The van der Waals surface area contributed by atoms with Crippen LogP contribution in [0.1, 0.15) is 24.5 Å². The highest BCUT2D eigenvalue weighted by atomic mass is 16.5. The predicted molar refractivity (Wildman–Crippen MR) is 99.2 cm³/mol.